The molecular weight excluding hydrogens is 946 g/mol. The molecule has 0 saturated heterocycles. The van der Waals surface area contributed by atoms with E-state index in [1.165, 1.54) is 68.3 Å². The number of ether oxygens (including phenoxy) is 4. The maximum absolute atomic E-state index is 10.3. The third-order valence-corrected chi connectivity index (χ3v) is 8.13. The maximum atomic E-state index is 10.3. The summed E-state index contributed by atoms with van der Waals surface area (Å²) in [5.41, 5.74) is 13.2. The number of anilines is 2. The van der Waals surface area contributed by atoms with Gasteiger partial charge in [0.15, 0.2) is 5.13 Å². The summed E-state index contributed by atoms with van der Waals surface area (Å²) in [6.45, 7) is 7.11. The molecule has 21 nitrogen and oxygen atoms in total. The van der Waals surface area contributed by atoms with E-state index in [2.05, 4.69) is 41.2 Å². The van der Waals surface area contributed by atoms with Crippen molar-refractivity contribution in [3.8, 4) is 23.5 Å². The van der Waals surface area contributed by atoms with Crippen LogP contribution in [0.4, 0.5) is 22.2 Å². The number of nitrogens with two attached hydrogens (primary N) is 2. The number of alkyl halides is 1. The zero-order valence-corrected chi connectivity index (χ0v) is 42.4. The van der Waals surface area contributed by atoms with Crippen molar-refractivity contribution in [3.05, 3.63) is 152 Å². The number of methoxy groups -OCH3 is 4. The number of pyridine rings is 5. The summed E-state index contributed by atoms with van der Waals surface area (Å²) < 4.78 is 19.6. The molecule has 67 heavy (non-hydrogen) atoms. The Hall–Kier alpha value is -6.40. The smallest absolute Gasteiger partial charge is 0.857 e. The maximum Gasteiger partial charge on any atom is 1.00 e. The van der Waals surface area contributed by atoms with E-state index in [-0.39, 0.29) is 52.0 Å². The molecule has 0 saturated carbocycles. The van der Waals surface area contributed by atoms with Gasteiger partial charge in [-0.2, -0.15) is 7.11 Å². The molecule has 6 heterocycles. The molecule has 6 aromatic rings. The predicted octanol–water partition coefficient (Wildman–Crippen LogP) is 3.85. The van der Waals surface area contributed by atoms with Crippen LogP contribution in [-0.2, 0) is 22.4 Å². The first kappa shape index (κ1) is 64.9. The third-order valence-electron chi connectivity index (χ3n) is 6.75. The molecular formula is C42H51Cl2N10NaO11S. The number of allylic oxidation sites excluding steroid dienone is 1. The largest absolute Gasteiger partial charge is 1.00 e. The predicted molar refractivity (Wildman–Crippen MR) is 252 cm³/mol. The molecule has 0 aromatic carbocycles. The third kappa shape index (κ3) is 27.6. The van der Waals surface area contributed by atoms with Crippen LogP contribution in [0, 0.1) is 20.2 Å². The van der Waals surface area contributed by atoms with E-state index >= 15 is 0 Å². The minimum atomic E-state index is -0.574. The Bertz CT molecular complexity index is 2300. The fraction of sp³-hybridized carbons (Fsp3) is 0.238. The number of carbonyl (C=O) groups excluding carboxylic acids is 2. The molecule has 4 N–H and O–H groups in total. The summed E-state index contributed by atoms with van der Waals surface area (Å²) >= 11 is 12.5. The van der Waals surface area contributed by atoms with Gasteiger partial charge in [0.2, 0.25) is 22.8 Å². The van der Waals surface area contributed by atoms with Crippen LogP contribution in [0.5, 0.6) is 23.5 Å². The fourth-order valence-electron chi connectivity index (χ4n) is 4.12. The van der Waals surface area contributed by atoms with Gasteiger partial charge in [0.1, 0.15) is 12.6 Å². The first-order valence-electron chi connectivity index (χ1n) is 18.6. The molecule has 0 aliphatic carbocycles. The molecule has 0 bridgehead atoms. The summed E-state index contributed by atoms with van der Waals surface area (Å²) in [5.74, 6) is 1.70. The topological polar surface area (TPSA) is 310 Å². The molecule has 0 aliphatic rings. The number of hydrogen-bond donors (Lipinski definition) is 2. The van der Waals surface area contributed by atoms with Crippen molar-refractivity contribution >= 4 is 69.3 Å². The molecule has 0 fully saturated rings. The average Bonchev–Trinajstić information content (AvgIpc) is 3.77. The van der Waals surface area contributed by atoms with Crippen molar-refractivity contribution in [2.75, 3.05) is 47.0 Å². The van der Waals surface area contributed by atoms with Crippen LogP contribution in [0.15, 0.2) is 110 Å². The van der Waals surface area contributed by atoms with Gasteiger partial charge in [0, 0.05) is 78.2 Å². The van der Waals surface area contributed by atoms with Crippen LogP contribution < -0.4 is 65.1 Å². The van der Waals surface area contributed by atoms with Crippen LogP contribution in [-0.4, -0.2) is 93.2 Å². The summed E-state index contributed by atoms with van der Waals surface area (Å²) in [4.78, 5) is 62.9. The van der Waals surface area contributed by atoms with Gasteiger partial charge in [-0.05, 0) is 42.5 Å². The molecule has 0 aliphatic heterocycles. The van der Waals surface area contributed by atoms with Gasteiger partial charge in [-0.15, -0.1) is 22.9 Å². The monoisotopic (exact) mass is 996 g/mol. The normalized spacial score (nSPS) is 9.22. The van der Waals surface area contributed by atoms with Gasteiger partial charge in [-0.25, -0.2) is 29.9 Å². The van der Waals surface area contributed by atoms with E-state index in [0.29, 0.717) is 47.5 Å². The fourth-order valence-corrected chi connectivity index (χ4v) is 5.18. The van der Waals surface area contributed by atoms with Crippen LogP contribution in [0.3, 0.4) is 0 Å². The number of nitrogens with zero attached hydrogens (tertiary/aromatic N) is 8. The van der Waals surface area contributed by atoms with Crippen LogP contribution in [0.25, 0.3) is 0 Å². The number of halogens is 2. The molecule has 6 rings (SSSR count). The first-order valence-corrected chi connectivity index (χ1v) is 20.3. The quantitative estimate of drug-likeness (QED) is 0.0334. The Morgan fingerprint density at radius 3 is 1.49 bits per heavy atom. The standard InChI is InChI=1S/C10H11N3OS.C9H10ClNO2.C6H6N2O3.C6H8N2O.C5H3ClN2O2.C3H4O.C2H6.CH3O.Na/c1-14-9-7(3-2-4-12-9)5-8-6-13-10(11)15-8;1-13-9-7(3-2-4-11-9)5-8(10)6-12;1-11-6-5(8(9)10)3-2-4-7-6;1-9-6-5(7)3-2-4-8-6;6-5-4(8(9)10)2-1-3-7-5;1-2-3-4;2*1-2;/h2-4,6H,5H2,1H3,(H2,11,13);2-4,6,8H,5H2,1H3;2-4H,1H3;2-4H,7H2,1H3;1-3H;2-3H,1H2;1-2H3;1H3;/q;;;;;;;-1;+1. The van der Waals surface area contributed by atoms with E-state index < -0.39 is 15.2 Å². The number of rotatable bonds is 12. The van der Waals surface area contributed by atoms with E-state index in [0.717, 1.165) is 29.5 Å². The average molecular weight is 998 g/mol. The molecule has 1 atom stereocenters. The minimum absolute atomic E-state index is 0. The van der Waals surface area contributed by atoms with Gasteiger partial charge in [-0.3, -0.25) is 25.0 Å². The summed E-state index contributed by atoms with van der Waals surface area (Å²) in [5, 5.41) is 28.6. The van der Waals surface area contributed by atoms with Crippen LogP contribution in [0.1, 0.15) is 29.9 Å². The minimum Gasteiger partial charge on any atom is -0.857 e. The van der Waals surface area contributed by atoms with Gasteiger partial charge >= 0.3 is 40.9 Å². The van der Waals surface area contributed by atoms with Gasteiger partial charge < -0.3 is 40.3 Å². The number of thiazole rings is 1. The molecule has 0 spiro atoms. The van der Waals surface area contributed by atoms with Crippen molar-refractivity contribution in [2.24, 2.45) is 0 Å². The van der Waals surface area contributed by atoms with Crippen molar-refractivity contribution in [1.82, 2.24) is 29.9 Å². The Balaban J connectivity index is -0.000000738. The SMILES string of the molecule is C=CC=O.CC.COc1ncccc1CC(Cl)C=O.COc1ncccc1Cc1cnc(N)s1.COc1ncccc1N.COc1ncccc1[N+](=O)[O-].C[O-].O=[N+]([O-])c1cccnc1Cl.[Na+]. The van der Waals surface area contributed by atoms with Gasteiger partial charge in [0.05, 0.1) is 49.4 Å². The van der Waals surface area contributed by atoms with Crippen molar-refractivity contribution in [2.45, 2.75) is 32.1 Å². The Labute approximate surface area is 424 Å². The zero-order valence-electron chi connectivity index (χ0n) is 38.1. The molecule has 25 heteroatoms. The molecule has 6 aromatic heterocycles. The molecule has 0 radical (unpaired) electrons. The van der Waals surface area contributed by atoms with Gasteiger partial charge in [0.25, 0.3) is 5.88 Å². The number of aldehydes is 2. The van der Waals surface area contributed by atoms with Gasteiger partial charge in [-0.1, -0.05) is 44.2 Å². The van der Waals surface area contributed by atoms with Crippen LogP contribution in [0.2, 0.25) is 5.15 Å². The number of aromatic nitrogens is 6. The molecule has 1 unspecified atom stereocenters. The summed E-state index contributed by atoms with van der Waals surface area (Å²) in [7, 11) is 6.79. The second kappa shape index (κ2) is 41.1. The van der Waals surface area contributed by atoms with Crippen molar-refractivity contribution in [1.29, 1.82) is 0 Å². The Morgan fingerprint density at radius 1 is 0.701 bits per heavy atom. The van der Waals surface area contributed by atoms with E-state index in [1.807, 2.05) is 32.0 Å². The van der Waals surface area contributed by atoms with E-state index in [1.54, 1.807) is 57.2 Å². The number of carbonyl (C=O) groups is 2. The number of nitro groups is 2. The summed E-state index contributed by atoms with van der Waals surface area (Å²) in [6.07, 6.45) is 13.3. The number of hydrogen-bond acceptors (Lipinski definition) is 20. The van der Waals surface area contributed by atoms with Crippen molar-refractivity contribution in [3.63, 3.8) is 0 Å². The molecule has 356 valence electrons. The number of nitrogen functional groups attached to an aromatic ring is 2. The van der Waals surface area contributed by atoms with E-state index in [9.17, 15) is 25.0 Å². The molecule has 0 amide bonds. The van der Waals surface area contributed by atoms with E-state index in [4.69, 9.17) is 58.8 Å². The zero-order chi connectivity index (χ0) is 50.3. The van der Waals surface area contributed by atoms with Crippen molar-refractivity contribution < 1.29 is 73.0 Å². The summed E-state index contributed by atoms with van der Waals surface area (Å²) in [6, 6.07) is 16.6. The Kier molecular flexibility index (Phi) is 39.8. The Morgan fingerprint density at radius 2 is 1.12 bits per heavy atom. The first-order chi connectivity index (χ1) is 31.8. The second-order valence-corrected chi connectivity index (χ2v) is 12.9. The second-order valence-electron chi connectivity index (χ2n) is 10.9. The van der Waals surface area contributed by atoms with Crippen LogP contribution >= 0.6 is 34.5 Å².